The van der Waals surface area contributed by atoms with Crippen molar-refractivity contribution < 1.29 is 0 Å². The maximum Gasteiger partial charge on any atom is 0.253 e. The SMILES string of the molecule is c1ccc2c(c1)-c1cccc3c1B1c4c-2cccc4N(c2ccc4ccccc4c2)c2cccc(c21)N3c1ccc2ccccc2c1. The molecule has 0 amide bonds. The standard InChI is InChI=1S/C44H27BN2/c1-3-12-30-26-32(24-22-28(30)10-1)46-38-18-7-16-36-34-14-5-6-15-35(34)37-17-8-19-39-43(37)45(42(36)38)44-40(46)20-9-21-41(44)47(39)33-25-23-29-11-2-4-13-31(29)27-33/h1-27H. The van der Waals surface area contributed by atoms with Gasteiger partial charge in [-0.3, -0.25) is 0 Å². The minimum Gasteiger partial charge on any atom is -0.311 e. The van der Waals surface area contributed by atoms with Gasteiger partial charge in [-0.2, -0.15) is 0 Å². The zero-order chi connectivity index (χ0) is 30.6. The summed E-state index contributed by atoms with van der Waals surface area (Å²) in [6, 6.07) is 60.8. The first-order valence-electron chi connectivity index (χ1n) is 16.4. The highest BCUT2D eigenvalue weighted by Gasteiger charge is 2.46. The van der Waals surface area contributed by atoms with Gasteiger partial charge in [0.05, 0.1) is 0 Å². The number of hydrogen-bond acceptors (Lipinski definition) is 2. The van der Waals surface area contributed by atoms with Gasteiger partial charge in [-0.15, -0.1) is 0 Å². The monoisotopic (exact) mass is 594 g/mol. The first-order chi connectivity index (χ1) is 23.3. The van der Waals surface area contributed by atoms with Crippen LogP contribution in [0.5, 0.6) is 0 Å². The third-order valence-corrected chi connectivity index (χ3v) is 10.5. The molecule has 0 atom stereocenters. The lowest BCUT2D eigenvalue weighted by molar-refractivity contribution is 1.26. The molecule has 0 fully saturated rings. The largest absolute Gasteiger partial charge is 0.311 e. The number of anilines is 6. The van der Waals surface area contributed by atoms with Crippen LogP contribution in [0.3, 0.4) is 0 Å². The Labute approximate surface area is 273 Å². The van der Waals surface area contributed by atoms with E-state index >= 15 is 0 Å². The topological polar surface area (TPSA) is 6.48 Å². The number of rotatable bonds is 2. The molecule has 0 saturated carbocycles. The summed E-state index contributed by atoms with van der Waals surface area (Å²) in [5.41, 5.74) is 16.7. The molecule has 0 saturated heterocycles. The van der Waals surface area contributed by atoms with Crippen molar-refractivity contribution in [1.82, 2.24) is 0 Å². The summed E-state index contributed by atoms with van der Waals surface area (Å²) in [6.45, 7) is 0.0967. The van der Waals surface area contributed by atoms with E-state index in [4.69, 9.17) is 0 Å². The molecule has 3 heterocycles. The van der Waals surface area contributed by atoms with E-state index in [1.54, 1.807) is 0 Å². The van der Waals surface area contributed by atoms with Gasteiger partial charge < -0.3 is 9.80 Å². The fourth-order valence-electron chi connectivity index (χ4n) is 8.63. The summed E-state index contributed by atoms with van der Waals surface area (Å²) >= 11 is 0. The summed E-state index contributed by atoms with van der Waals surface area (Å²) in [6.07, 6.45) is 0. The summed E-state index contributed by atoms with van der Waals surface area (Å²) in [5, 5.41) is 5.00. The Morgan fingerprint density at radius 3 is 1.17 bits per heavy atom. The summed E-state index contributed by atoms with van der Waals surface area (Å²) < 4.78 is 0. The highest BCUT2D eigenvalue weighted by atomic mass is 15.2. The lowest BCUT2D eigenvalue weighted by Crippen LogP contribution is -2.61. The molecule has 0 unspecified atom stereocenters. The molecule has 0 spiro atoms. The van der Waals surface area contributed by atoms with Gasteiger partial charge in [-0.25, -0.2) is 0 Å². The molecule has 3 aliphatic rings. The minimum atomic E-state index is 0.0967. The first kappa shape index (κ1) is 25.2. The van der Waals surface area contributed by atoms with E-state index in [9.17, 15) is 0 Å². The van der Waals surface area contributed by atoms with Crippen molar-refractivity contribution in [3.63, 3.8) is 0 Å². The van der Waals surface area contributed by atoms with Gasteiger partial charge in [0.1, 0.15) is 0 Å². The molecule has 8 aromatic carbocycles. The van der Waals surface area contributed by atoms with Crippen LogP contribution in [0.15, 0.2) is 164 Å². The van der Waals surface area contributed by atoms with Gasteiger partial charge in [0.15, 0.2) is 0 Å². The second kappa shape index (κ2) is 9.25. The smallest absolute Gasteiger partial charge is 0.253 e. The van der Waals surface area contributed by atoms with Crippen molar-refractivity contribution >= 4 is 78.8 Å². The fraction of sp³-hybridized carbons (Fsp3) is 0. The van der Waals surface area contributed by atoms with Crippen LogP contribution in [0.25, 0.3) is 43.8 Å². The van der Waals surface area contributed by atoms with Crippen molar-refractivity contribution in [2.45, 2.75) is 0 Å². The predicted molar refractivity (Wildman–Crippen MR) is 200 cm³/mol. The van der Waals surface area contributed by atoms with Crippen LogP contribution in [-0.4, -0.2) is 6.71 Å². The van der Waals surface area contributed by atoms with Gasteiger partial charge in [0.25, 0.3) is 6.71 Å². The molecule has 3 heteroatoms. The molecule has 0 aliphatic carbocycles. The molecule has 216 valence electrons. The second-order valence-corrected chi connectivity index (χ2v) is 12.9. The van der Waals surface area contributed by atoms with Gasteiger partial charge in [-0.05, 0) is 109 Å². The summed E-state index contributed by atoms with van der Waals surface area (Å²) in [7, 11) is 0. The lowest BCUT2D eigenvalue weighted by atomic mass is 9.32. The fourth-order valence-corrected chi connectivity index (χ4v) is 8.63. The Balaban J connectivity index is 1.29. The molecule has 0 aromatic heterocycles. The highest BCUT2D eigenvalue weighted by molar-refractivity contribution is 7.02. The van der Waals surface area contributed by atoms with Gasteiger partial charge in [0.2, 0.25) is 0 Å². The Hall–Kier alpha value is -6.06. The quantitative estimate of drug-likeness (QED) is 0.184. The number of benzene rings is 8. The predicted octanol–water partition coefficient (Wildman–Crippen LogP) is 9.72. The van der Waals surface area contributed by atoms with Crippen molar-refractivity contribution in [3.05, 3.63) is 164 Å². The van der Waals surface area contributed by atoms with Gasteiger partial charge in [-0.1, -0.05) is 115 Å². The van der Waals surface area contributed by atoms with Crippen LogP contribution >= 0.6 is 0 Å². The molecule has 0 bridgehead atoms. The van der Waals surface area contributed by atoms with Crippen LogP contribution in [-0.2, 0) is 0 Å². The van der Waals surface area contributed by atoms with E-state index < -0.39 is 0 Å². The molecule has 8 aromatic rings. The van der Waals surface area contributed by atoms with Crippen LogP contribution in [0, 0.1) is 0 Å². The maximum absolute atomic E-state index is 2.51. The first-order valence-corrected chi connectivity index (χ1v) is 16.4. The van der Waals surface area contributed by atoms with Crippen LogP contribution in [0.1, 0.15) is 0 Å². The van der Waals surface area contributed by atoms with Crippen molar-refractivity contribution in [3.8, 4) is 22.3 Å². The van der Waals surface area contributed by atoms with E-state index in [1.807, 2.05) is 0 Å². The Morgan fingerprint density at radius 1 is 0.298 bits per heavy atom. The minimum absolute atomic E-state index is 0.0967. The van der Waals surface area contributed by atoms with Gasteiger partial charge in [0, 0.05) is 34.1 Å². The highest BCUT2D eigenvalue weighted by Crippen LogP contribution is 2.48. The molecule has 0 N–H and O–H groups in total. The Bertz CT molecular complexity index is 2440. The molecule has 0 radical (unpaired) electrons. The van der Waals surface area contributed by atoms with Crippen LogP contribution in [0.4, 0.5) is 34.1 Å². The number of fused-ring (bicyclic) bond motifs is 5. The Morgan fingerprint density at radius 2 is 0.681 bits per heavy atom. The number of nitrogens with zero attached hydrogens (tertiary/aromatic N) is 2. The molecule has 3 aliphatic heterocycles. The average Bonchev–Trinajstić information content (AvgIpc) is 3.26. The van der Waals surface area contributed by atoms with E-state index in [-0.39, 0.29) is 6.71 Å². The number of hydrogen-bond donors (Lipinski definition) is 0. The van der Waals surface area contributed by atoms with E-state index in [0.717, 1.165) is 0 Å². The summed E-state index contributed by atoms with van der Waals surface area (Å²) in [4.78, 5) is 5.03. The molecule has 2 nitrogen and oxygen atoms in total. The average molecular weight is 595 g/mol. The van der Waals surface area contributed by atoms with E-state index in [1.165, 1.54) is 94.3 Å². The zero-order valence-corrected chi connectivity index (χ0v) is 25.6. The van der Waals surface area contributed by atoms with E-state index in [2.05, 4.69) is 174 Å². The van der Waals surface area contributed by atoms with E-state index in [0.29, 0.717) is 0 Å². The molecular formula is C44H27BN2. The normalized spacial score (nSPS) is 13.4. The Kier molecular flexibility index (Phi) is 4.95. The molecular weight excluding hydrogens is 567 g/mol. The van der Waals surface area contributed by atoms with Crippen molar-refractivity contribution in [2.75, 3.05) is 9.80 Å². The third-order valence-electron chi connectivity index (χ3n) is 10.5. The van der Waals surface area contributed by atoms with Crippen LogP contribution in [0.2, 0.25) is 0 Å². The van der Waals surface area contributed by atoms with Crippen molar-refractivity contribution in [1.29, 1.82) is 0 Å². The second-order valence-electron chi connectivity index (χ2n) is 12.9. The third kappa shape index (κ3) is 3.35. The lowest BCUT2D eigenvalue weighted by Gasteiger charge is -2.44. The van der Waals surface area contributed by atoms with Gasteiger partial charge >= 0.3 is 0 Å². The zero-order valence-electron chi connectivity index (χ0n) is 25.6. The maximum atomic E-state index is 2.51. The van der Waals surface area contributed by atoms with Crippen LogP contribution < -0.4 is 26.2 Å². The van der Waals surface area contributed by atoms with Crippen molar-refractivity contribution in [2.24, 2.45) is 0 Å². The molecule has 11 rings (SSSR count). The molecule has 47 heavy (non-hydrogen) atoms. The summed E-state index contributed by atoms with van der Waals surface area (Å²) in [5.74, 6) is 0.